The van der Waals surface area contributed by atoms with Crippen molar-refractivity contribution in [2.45, 2.75) is 386 Å². The molecule has 0 amide bonds. The molecule has 79 heavy (non-hydrogen) atoms. The molecule has 0 saturated heterocycles. The quantitative estimate of drug-likeness (QED) is 0.0261. The van der Waals surface area contributed by atoms with Gasteiger partial charge in [0.15, 0.2) is 6.10 Å². The fourth-order valence-corrected chi connectivity index (χ4v) is 10.5. The van der Waals surface area contributed by atoms with Crippen LogP contribution in [0.1, 0.15) is 380 Å². The standard InChI is InChI=1S/C73H134O6/c1-4-7-10-13-16-19-22-25-28-31-34-36-39-42-45-48-51-54-57-60-63-66-72(75)78-69-70(68-77-71(74)65-62-59-56-53-50-47-44-41-38-33-30-27-24-21-18-15-12-9-6-3)79-73(76)67-64-61-58-55-52-49-46-43-40-37-35-32-29-26-23-20-17-14-11-8-5-2/h22-23,25-26,31-32,34-35,70H,4-21,24,27-30,33,36-69H2,1-3H3/b25-22-,26-23-,34-31-,35-32-. The van der Waals surface area contributed by atoms with Crippen molar-refractivity contribution >= 4 is 17.9 Å². The Bertz CT molecular complexity index is 1360. The van der Waals surface area contributed by atoms with E-state index in [2.05, 4.69) is 69.4 Å². The Kier molecular flexibility index (Phi) is 65.6. The average Bonchev–Trinajstić information content (AvgIpc) is 3.45. The van der Waals surface area contributed by atoms with E-state index in [1.54, 1.807) is 0 Å². The highest BCUT2D eigenvalue weighted by molar-refractivity contribution is 5.71. The van der Waals surface area contributed by atoms with Gasteiger partial charge in [-0.25, -0.2) is 0 Å². The number of hydrogen-bond donors (Lipinski definition) is 0. The molecule has 0 saturated carbocycles. The van der Waals surface area contributed by atoms with Gasteiger partial charge in [-0.2, -0.15) is 0 Å². The van der Waals surface area contributed by atoms with Gasteiger partial charge in [0.25, 0.3) is 0 Å². The molecule has 0 fully saturated rings. The summed E-state index contributed by atoms with van der Waals surface area (Å²) in [4.78, 5) is 38.5. The van der Waals surface area contributed by atoms with Crippen molar-refractivity contribution in [2.75, 3.05) is 13.2 Å². The van der Waals surface area contributed by atoms with Crippen LogP contribution in [-0.4, -0.2) is 37.2 Å². The predicted octanol–water partition coefficient (Wildman–Crippen LogP) is 24.1. The maximum atomic E-state index is 13.0. The summed E-state index contributed by atoms with van der Waals surface area (Å²) in [5, 5.41) is 0. The second kappa shape index (κ2) is 67.9. The first kappa shape index (κ1) is 76.4. The topological polar surface area (TPSA) is 78.9 Å². The van der Waals surface area contributed by atoms with Crippen LogP contribution in [0.5, 0.6) is 0 Å². The second-order valence-corrected chi connectivity index (χ2v) is 23.8. The van der Waals surface area contributed by atoms with Crippen LogP contribution < -0.4 is 0 Å². The van der Waals surface area contributed by atoms with E-state index in [-0.39, 0.29) is 31.1 Å². The van der Waals surface area contributed by atoms with E-state index in [0.29, 0.717) is 19.3 Å². The van der Waals surface area contributed by atoms with Gasteiger partial charge in [0, 0.05) is 19.3 Å². The summed E-state index contributed by atoms with van der Waals surface area (Å²) >= 11 is 0. The Hall–Kier alpha value is -2.63. The molecule has 0 aromatic rings. The van der Waals surface area contributed by atoms with Crippen molar-refractivity contribution in [1.29, 1.82) is 0 Å². The fraction of sp³-hybridized carbons (Fsp3) is 0.849. The van der Waals surface area contributed by atoms with Crippen LogP contribution in [0.15, 0.2) is 48.6 Å². The number of hydrogen-bond acceptors (Lipinski definition) is 6. The van der Waals surface area contributed by atoms with Crippen LogP contribution in [0.25, 0.3) is 0 Å². The molecule has 0 aliphatic carbocycles. The maximum absolute atomic E-state index is 13.0. The zero-order valence-electron chi connectivity index (χ0n) is 53.2. The first-order chi connectivity index (χ1) is 39.0. The second-order valence-electron chi connectivity index (χ2n) is 23.8. The highest BCUT2D eigenvalue weighted by Gasteiger charge is 2.19. The number of unbranched alkanes of at least 4 members (excludes halogenated alkanes) is 46. The number of esters is 3. The lowest BCUT2D eigenvalue weighted by Crippen LogP contribution is -2.30. The Morgan fingerprint density at radius 2 is 0.456 bits per heavy atom. The van der Waals surface area contributed by atoms with Crippen molar-refractivity contribution in [3.8, 4) is 0 Å². The Balaban J connectivity index is 4.35. The molecule has 1 unspecified atom stereocenters. The lowest BCUT2D eigenvalue weighted by Gasteiger charge is -2.18. The maximum Gasteiger partial charge on any atom is 0.306 e. The molecule has 0 spiro atoms. The highest BCUT2D eigenvalue weighted by Crippen LogP contribution is 2.18. The SMILES string of the molecule is CCCCCCC/C=C\C/C=C\CCCCCCCCCCCC(=O)OCC(COC(=O)CCCCCCCCCCCCCCCCCCCCC)OC(=O)CCCCCCCCCCC/C=C\C/C=C\CCCCCCC. The molecular weight excluding hydrogens is 973 g/mol. The number of carbonyl (C=O) groups is 3. The van der Waals surface area contributed by atoms with Gasteiger partial charge in [-0.05, 0) is 83.5 Å². The van der Waals surface area contributed by atoms with Crippen LogP contribution in [-0.2, 0) is 28.6 Å². The van der Waals surface area contributed by atoms with Crippen molar-refractivity contribution in [2.24, 2.45) is 0 Å². The van der Waals surface area contributed by atoms with E-state index in [9.17, 15) is 14.4 Å². The first-order valence-corrected chi connectivity index (χ1v) is 35.1. The minimum absolute atomic E-state index is 0.0719. The molecule has 0 rings (SSSR count). The summed E-state index contributed by atoms with van der Waals surface area (Å²) in [6.07, 6.45) is 85.5. The number of ether oxygens (including phenoxy) is 3. The molecule has 0 aliphatic rings. The van der Waals surface area contributed by atoms with Gasteiger partial charge < -0.3 is 14.2 Å². The summed E-state index contributed by atoms with van der Waals surface area (Å²) in [5.74, 6) is -0.853. The molecule has 0 heterocycles. The lowest BCUT2D eigenvalue weighted by atomic mass is 10.0. The zero-order chi connectivity index (χ0) is 57.1. The molecular formula is C73H134O6. The summed E-state index contributed by atoms with van der Waals surface area (Å²) in [6.45, 7) is 6.68. The van der Waals surface area contributed by atoms with Gasteiger partial charge >= 0.3 is 17.9 Å². The van der Waals surface area contributed by atoms with E-state index in [0.717, 1.165) is 70.6 Å². The smallest absolute Gasteiger partial charge is 0.306 e. The summed E-state index contributed by atoms with van der Waals surface area (Å²) < 4.78 is 17.0. The van der Waals surface area contributed by atoms with Crippen molar-refractivity contribution in [1.82, 2.24) is 0 Å². The Morgan fingerprint density at radius 3 is 0.696 bits per heavy atom. The van der Waals surface area contributed by atoms with Gasteiger partial charge in [0.1, 0.15) is 13.2 Å². The molecule has 0 radical (unpaired) electrons. The minimum atomic E-state index is -0.777. The molecule has 0 aromatic carbocycles. The average molecular weight is 1110 g/mol. The highest BCUT2D eigenvalue weighted by atomic mass is 16.6. The van der Waals surface area contributed by atoms with E-state index in [1.807, 2.05) is 0 Å². The number of carbonyl (C=O) groups excluding carboxylic acids is 3. The molecule has 462 valence electrons. The summed E-state index contributed by atoms with van der Waals surface area (Å²) in [6, 6.07) is 0. The van der Waals surface area contributed by atoms with Gasteiger partial charge in [-0.3, -0.25) is 14.4 Å². The van der Waals surface area contributed by atoms with Crippen molar-refractivity contribution < 1.29 is 28.6 Å². The van der Waals surface area contributed by atoms with Crippen LogP contribution in [0.4, 0.5) is 0 Å². The number of rotatable bonds is 65. The molecule has 0 N–H and O–H groups in total. The molecule has 1 atom stereocenters. The predicted molar refractivity (Wildman–Crippen MR) is 344 cm³/mol. The van der Waals surface area contributed by atoms with Gasteiger partial charge in [0.05, 0.1) is 0 Å². The van der Waals surface area contributed by atoms with E-state index >= 15 is 0 Å². The van der Waals surface area contributed by atoms with Gasteiger partial charge in [0.2, 0.25) is 0 Å². The van der Waals surface area contributed by atoms with Crippen molar-refractivity contribution in [3.63, 3.8) is 0 Å². The van der Waals surface area contributed by atoms with Gasteiger partial charge in [-0.15, -0.1) is 0 Å². The van der Waals surface area contributed by atoms with Crippen LogP contribution in [0.3, 0.4) is 0 Å². The zero-order valence-corrected chi connectivity index (χ0v) is 53.2. The van der Waals surface area contributed by atoms with Crippen LogP contribution in [0.2, 0.25) is 0 Å². The summed E-state index contributed by atoms with van der Waals surface area (Å²) in [7, 11) is 0. The third-order valence-electron chi connectivity index (χ3n) is 15.8. The first-order valence-electron chi connectivity index (χ1n) is 35.1. The Morgan fingerprint density at radius 1 is 0.253 bits per heavy atom. The molecule has 0 bridgehead atoms. The molecule has 0 aliphatic heterocycles. The lowest BCUT2D eigenvalue weighted by molar-refractivity contribution is -0.167. The van der Waals surface area contributed by atoms with Crippen LogP contribution in [0, 0.1) is 0 Å². The molecule has 6 nitrogen and oxygen atoms in total. The normalized spacial score (nSPS) is 12.3. The monoisotopic (exact) mass is 1110 g/mol. The molecule has 6 heteroatoms. The fourth-order valence-electron chi connectivity index (χ4n) is 10.5. The minimum Gasteiger partial charge on any atom is -0.462 e. The third kappa shape index (κ3) is 66.1. The van der Waals surface area contributed by atoms with E-state index < -0.39 is 6.10 Å². The third-order valence-corrected chi connectivity index (χ3v) is 15.8. The largest absolute Gasteiger partial charge is 0.462 e. The van der Waals surface area contributed by atoms with Crippen LogP contribution >= 0.6 is 0 Å². The van der Waals surface area contributed by atoms with Crippen molar-refractivity contribution in [3.05, 3.63) is 48.6 Å². The van der Waals surface area contributed by atoms with E-state index in [4.69, 9.17) is 14.2 Å². The molecule has 0 aromatic heterocycles. The Labute approximate surface area is 492 Å². The van der Waals surface area contributed by atoms with E-state index in [1.165, 1.54) is 270 Å². The summed E-state index contributed by atoms with van der Waals surface area (Å²) in [5.41, 5.74) is 0. The van der Waals surface area contributed by atoms with Gasteiger partial charge in [-0.1, -0.05) is 326 Å². The number of allylic oxidation sites excluding steroid dienone is 8.